The van der Waals surface area contributed by atoms with Crippen LogP contribution in [0.15, 0.2) is 276 Å². The van der Waals surface area contributed by atoms with Crippen molar-refractivity contribution in [2.45, 2.75) is 132 Å². The molecule has 140 heavy (non-hydrogen) atoms. The summed E-state index contributed by atoms with van der Waals surface area (Å²) in [6, 6.07) is 71.5. The van der Waals surface area contributed by atoms with Gasteiger partial charge in [-0.05, 0) is 199 Å². The van der Waals surface area contributed by atoms with Gasteiger partial charge in [-0.25, -0.2) is 4.79 Å². The molecule has 0 aliphatic carbocycles. The first-order valence-corrected chi connectivity index (χ1v) is 45.3. The maximum Gasteiger partial charge on any atom is 0.328 e. The van der Waals surface area contributed by atoms with Gasteiger partial charge in [-0.3, -0.25) is 23.7 Å². The molecule has 0 spiro atoms. The fourth-order valence-electron chi connectivity index (χ4n) is 14.4. The molecule has 736 valence electrons. The molecule has 0 fully saturated rings. The molecule has 4 atom stereocenters. The van der Waals surface area contributed by atoms with Crippen LogP contribution in [0.5, 0.6) is 40.2 Å². The minimum atomic E-state index is -3.67. The number of benzene rings is 9. The topological polar surface area (TPSA) is 490 Å². The third-order valence-corrected chi connectivity index (χ3v) is 20.9. The second-order valence-electron chi connectivity index (χ2n) is 31.4. The van der Waals surface area contributed by atoms with Crippen LogP contribution in [0.25, 0.3) is 6.08 Å². The third kappa shape index (κ3) is 36.0. The minimum Gasteiger partial charge on any atom is -0.508 e. The Kier molecular flexibility index (Phi) is 42.7. The molecule has 35 heteroatoms. The van der Waals surface area contributed by atoms with Crippen LogP contribution >= 0.6 is 0 Å². The van der Waals surface area contributed by atoms with Gasteiger partial charge < -0.3 is 91.4 Å². The summed E-state index contributed by atoms with van der Waals surface area (Å²) >= 11 is 0. The first kappa shape index (κ1) is 109. The average molecular weight is 1940 g/mol. The van der Waals surface area contributed by atoms with Gasteiger partial charge in [0.2, 0.25) is 0 Å². The summed E-state index contributed by atoms with van der Waals surface area (Å²) in [5.41, 5.74) is 16.8. The lowest BCUT2D eigenvalue weighted by Crippen LogP contribution is -2.13. The van der Waals surface area contributed by atoms with Crippen LogP contribution in [0.3, 0.4) is 0 Å². The number of esters is 2. The van der Waals surface area contributed by atoms with Crippen LogP contribution < -0.4 is 18.9 Å². The van der Waals surface area contributed by atoms with Gasteiger partial charge in [-0.15, -0.1) is 0 Å². The first-order valence-electron chi connectivity index (χ1n) is 43.5. The van der Waals surface area contributed by atoms with Crippen molar-refractivity contribution < 1.29 is 128 Å². The van der Waals surface area contributed by atoms with Gasteiger partial charge in [0.25, 0.3) is 10.1 Å². The van der Waals surface area contributed by atoms with E-state index in [1.165, 1.54) is 46.6 Å². The van der Waals surface area contributed by atoms with E-state index in [0.717, 1.165) is 113 Å². The van der Waals surface area contributed by atoms with E-state index in [2.05, 4.69) is 36.1 Å². The average Bonchev–Trinajstić information content (AvgIpc) is 1.67. The van der Waals surface area contributed by atoms with Gasteiger partial charge in [0, 0.05) is 69.2 Å². The number of phenols is 3. The number of aromatic nitrogens is 5. The molecular formula is C105H113N7O27S. The number of aliphatic carboxylic acids is 3. The number of ether oxygens (including phenoxy) is 6. The van der Waals surface area contributed by atoms with Crippen LogP contribution in [0, 0.1) is 69.2 Å². The predicted molar refractivity (Wildman–Crippen MR) is 519 cm³/mol. The number of rotatable bonds is 34. The van der Waals surface area contributed by atoms with Gasteiger partial charge in [0.15, 0.2) is 0 Å². The molecule has 5 aromatic heterocycles. The maximum atomic E-state index is 12.1. The molecule has 0 amide bonds. The van der Waals surface area contributed by atoms with Crippen LogP contribution in [0.4, 0.5) is 0 Å². The normalized spacial score (nSPS) is 11.8. The van der Waals surface area contributed by atoms with Crippen molar-refractivity contribution >= 4 is 57.5 Å². The fraction of sp³-hybridized carbons (Fsp3) is 0.257. The summed E-state index contributed by atoms with van der Waals surface area (Å²) in [4.78, 5) is 66.4. The Morgan fingerprint density at radius 3 is 0.914 bits per heavy atom. The summed E-state index contributed by atoms with van der Waals surface area (Å²) in [5.74, 6) is 2.38. The van der Waals surface area contributed by atoms with Crippen LogP contribution in [0.2, 0.25) is 0 Å². The molecule has 34 nitrogen and oxygen atoms in total. The molecule has 14 rings (SSSR count). The molecule has 9 aromatic carbocycles. The molecule has 5 heterocycles. The molecule has 14 aromatic rings. The maximum absolute atomic E-state index is 12.1. The quantitative estimate of drug-likeness (QED) is 0.00647. The van der Waals surface area contributed by atoms with E-state index >= 15 is 0 Å². The minimum absolute atomic E-state index is 0.0479. The largest absolute Gasteiger partial charge is 0.508 e. The molecular weight excluding hydrogens is 1820 g/mol. The lowest BCUT2D eigenvalue weighted by molar-refractivity contribution is -0.141. The number of nitrogens with zero attached hydrogens (tertiary/aromatic N) is 7. The lowest BCUT2D eigenvalue weighted by Gasteiger charge is -2.17. The fourth-order valence-corrected chi connectivity index (χ4v) is 14.4. The van der Waals surface area contributed by atoms with Crippen molar-refractivity contribution in [3.8, 4) is 40.2 Å². The smallest absolute Gasteiger partial charge is 0.328 e. The van der Waals surface area contributed by atoms with Crippen LogP contribution in [-0.2, 0) is 66.5 Å². The predicted octanol–water partition coefficient (Wildman–Crippen LogP) is 19.5. The highest BCUT2D eigenvalue weighted by atomic mass is 32.2. The first-order chi connectivity index (χ1) is 66.9. The number of carbonyl (C=O) groups is 5. The Balaban J connectivity index is 0.000000218. The third-order valence-electron chi connectivity index (χ3n) is 20.9. The number of aromatic hydroxyl groups is 3. The Morgan fingerprint density at radius 2 is 0.664 bits per heavy atom. The number of carboxylic acid groups (broad SMARTS) is 3. The number of aryl methyl sites for hydroxylation is 10. The van der Waals surface area contributed by atoms with Crippen molar-refractivity contribution in [2.24, 2.45) is 10.3 Å². The summed E-state index contributed by atoms with van der Waals surface area (Å²) in [6.07, 6.45) is 3.51. The van der Waals surface area contributed by atoms with E-state index in [1.54, 1.807) is 81.4 Å². The summed E-state index contributed by atoms with van der Waals surface area (Å²) in [7, 11) is 2.12. The van der Waals surface area contributed by atoms with Crippen molar-refractivity contribution in [3.63, 3.8) is 0 Å². The SMILES string of the molecule is CO/N=C(\COc1ccc(COc2ccc(C(CC(=O)O)c3c(C)noc3C)cc2)cc1)c1ccccc1.CO/N=C(\COc1ccc(COc2ccc(C(CC(=O)OC)c3c(C)noc3C)cc2)cc1)c1ccccc1.COC(=O)CC(c1ccc(O)cc1)c1c(C)noc1C.CS(=O)(=O)O.Cc1cc(C)on1.Cc1noc(C)c1C(CC(=O)O)c1ccc(O)cc1.O=C(O)/C=C/c1ccc(O)cc1. The summed E-state index contributed by atoms with van der Waals surface area (Å²) in [6.45, 7) is 19.7. The monoisotopic (exact) mass is 1940 g/mol. The van der Waals surface area contributed by atoms with Crippen LogP contribution in [0.1, 0.15) is 179 Å². The molecule has 0 saturated heterocycles. The zero-order valence-electron chi connectivity index (χ0n) is 80.0. The zero-order chi connectivity index (χ0) is 102. The molecule has 0 aliphatic rings. The molecule has 0 bridgehead atoms. The number of methoxy groups -OCH3 is 2. The van der Waals surface area contributed by atoms with Gasteiger partial charge >= 0.3 is 29.8 Å². The number of hydrogen-bond donors (Lipinski definition) is 7. The Hall–Kier alpha value is -16.4. The van der Waals surface area contributed by atoms with E-state index in [-0.39, 0.29) is 91.8 Å². The van der Waals surface area contributed by atoms with Crippen molar-refractivity contribution in [3.05, 3.63) is 372 Å². The number of oxime groups is 2. The molecule has 0 aliphatic heterocycles. The van der Waals surface area contributed by atoms with Crippen LogP contribution in [-0.4, -0.2) is 159 Å². The Bertz CT molecular complexity index is 6350. The van der Waals surface area contributed by atoms with E-state index in [1.807, 2.05) is 212 Å². The Labute approximate surface area is 809 Å². The number of phenolic OH excluding ortho intramolecular Hbond substituents is 3. The molecule has 0 saturated carbocycles. The van der Waals surface area contributed by atoms with Crippen molar-refractivity contribution in [1.29, 1.82) is 0 Å². The van der Waals surface area contributed by atoms with Gasteiger partial charge in [-0.1, -0.05) is 182 Å². The second-order valence-corrected chi connectivity index (χ2v) is 32.9. The second kappa shape index (κ2) is 54.9. The van der Waals surface area contributed by atoms with E-state index < -0.39 is 28.0 Å². The molecule has 4 unspecified atom stereocenters. The zero-order valence-corrected chi connectivity index (χ0v) is 80.8. The van der Waals surface area contributed by atoms with E-state index in [4.69, 9.17) is 80.6 Å². The Morgan fingerprint density at radius 1 is 0.379 bits per heavy atom. The van der Waals surface area contributed by atoms with Crippen molar-refractivity contribution in [1.82, 2.24) is 25.8 Å². The number of carboxylic acids is 3. The lowest BCUT2D eigenvalue weighted by atomic mass is 9.87. The van der Waals surface area contributed by atoms with Gasteiger partial charge in [0.05, 0.1) is 74.6 Å². The van der Waals surface area contributed by atoms with Crippen molar-refractivity contribution in [2.75, 3.05) is 47.9 Å². The highest BCUT2D eigenvalue weighted by Crippen LogP contribution is 2.39. The van der Waals surface area contributed by atoms with E-state index in [9.17, 15) is 47.7 Å². The highest BCUT2D eigenvalue weighted by Gasteiger charge is 2.30. The number of hydrogen-bond acceptors (Lipinski definition) is 30. The van der Waals surface area contributed by atoms with Gasteiger partial charge in [0.1, 0.15) is 121 Å². The van der Waals surface area contributed by atoms with E-state index in [0.29, 0.717) is 76.8 Å². The number of carbonyl (C=O) groups excluding carboxylic acids is 2. The highest BCUT2D eigenvalue weighted by molar-refractivity contribution is 7.85. The summed E-state index contributed by atoms with van der Waals surface area (Å²) < 4.78 is 84.9. The standard InChI is InChI=1S/C31H32N2O6.C30H30N2O6.C15H17NO4.C14H15NO4.C9H8O3.C5H7NO.CH4O3S/c1-21-31(22(2)39-32-21)28(18-30(34)35-3)24-12-16-27(17-13-24)37-19-23-10-14-26(15-11-23)38-20-29(33-36-4)25-8-6-5-7-9-25;1-20-30(21(2)38-31-20)27(17-29(33)34)23-11-15-26(16-12-23)36-18-22-9-13-25(14-10-22)37-19-28(32-35-3)24-7-5-4-6-8-24;1-9-15(10(2)20-16-9)13(8-14(18)19-3)11-4-6-12(17)7-5-11;1-8-14(9(2)19-15-8)12(7-13(17)18)10-3-5-11(16)6-4-10;10-8-4-1-7(2-5-8)3-6-9(11)12;1-4-3-5(2)7-6-4;1-5(2,3)4/h5-17,28H,18-20H2,1-4H3;4-16,27H,17-19H2,1-3H3,(H,33,34);4-7,13,17H,8H2,1-3H3;3-6,12,16H,7H2,1-2H3,(H,17,18);1-6,10H,(H,11,12);3H,1-2H3;1H3,(H,2,3,4)/b33-29+;32-28+;;;6-3+;;. The molecule has 0 radical (unpaired) electrons. The van der Waals surface area contributed by atoms with Gasteiger partial charge in [-0.2, -0.15) is 8.42 Å². The summed E-state index contributed by atoms with van der Waals surface area (Å²) in [5, 5.41) is 82.1. The molecule has 7 N–H and O–H groups in total.